The van der Waals surface area contributed by atoms with Crippen LogP contribution in [0.3, 0.4) is 0 Å². The van der Waals surface area contributed by atoms with E-state index in [1.165, 1.54) is 22.8 Å². The van der Waals surface area contributed by atoms with Crippen LogP contribution in [0.25, 0.3) is 16.7 Å². The summed E-state index contributed by atoms with van der Waals surface area (Å²) in [6.07, 6.45) is 1.60. The maximum absolute atomic E-state index is 13.8. The molecule has 2 aromatic carbocycles. The van der Waals surface area contributed by atoms with Gasteiger partial charge in [0.2, 0.25) is 11.7 Å². The van der Waals surface area contributed by atoms with Crippen LogP contribution in [0.2, 0.25) is 5.02 Å². The molecule has 1 amide bonds. The standard InChI is InChI=1S/C20H15ClFN5O2S/c1-2-9-26-18(29)13-5-3-4-6-16(13)27-19(26)24-25-20(27)30-11-17(28)23-15-10-12(21)7-8-14(15)22/h2-8,10H,1,9,11H2,(H,23,28). The summed E-state index contributed by atoms with van der Waals surface area (Å²) in [7, 11) is 0. The molecule has 4 rings (SSSR count). The second kappa shape index (κ2) is 8.29. The maximum atomic E-state index is 13.8. The second-order valence-electron chi connectivity index (χ2n) is 6.30. The number of amides is 1. The first-order valence-electron chi connectivity index (χ1n) is 8.85. The van der Waals surface area contributed by atoms with E-state index in [9.17, 15) is 14.0 Å². The molecule has 30 heavy (non-hydrogen) atoms. The molecule has 0 atom stereocenters. The number of carbonyl (C=O) groups excluding carboxylic acids is 1. The number of thioether (sulfide) groups is 1. The van der Waals surface area contributed by atoms with E-state index in [4.69, 9.17) is 11.6 Å². The first kappa shape index (κ1) is 20.1. The molecule has 0 aliphatic heterocycles. The monoisotopic (exact) mass is 443 g/mol. The van der Waals surface area contributed by atoms with E-state index in [2.05, 4.69) is 22.1 Å². The van der Waals surface area contributed by atoms with Crippen LogP contribution in [0.15, 0.2) is 65.1 Å². The quantitative estimate of drug-likeness (QED) is 0.362. The number of halogens is 2. The minimum absolute atomic E-state index is 0.00414. The van der Waals surface area contributed by atoms with Gasteiger partial charge in [-0.05, 0) is 30.3 Å². The lowest BCUT2D eigenvalue weighted by Gasteiger charge is -2.10. The lowest BCUT2D eigenvalue weighted by Crippen LogP contribution is -2.22. The van der Waals surface area contributed by atoms with E-state index < -0.39 is 11.7 Å². The molecule has 10 heteroatoms. The van der Waals surface area contributed by atoms with Crippen molar-refractivity contribution in [3.05, 3.63) is 76.3 Å². The second-order valence-corrected chi connectivity index (χ2v) is 7.68. The normalized spacial score (nSPS) is 11.1. The van der Waals surface area contributed by atoms with Crippen LogP contribution in [0, 0.1) is 5.82 Å². The van der Waals surface area contributed by atoms with Crippen LogP contribution in [0.5, 0.6) is 0 Å². The van der Waals surface area contributed by atoms with E-state index in [0.717, 1.165) is 11.8 Å². The average molecular weight is 444 g/mol. The minimum atomic E-state index is -0.579. The number of allylic oxidation sites excluding steroid dienone is 1. The zero-order valence-electron chi connectivity index (χ0n) is 15.5. The van der Waals surface area contributed by atoms with Crippen molar-refractivity contribution < 1.29 is 9.18 Å². The molecule has 2 aromatic heterocycles. The van der Waals surface area contributed by atoms with Gasteiger partial charge in [0.05, 0.1) is 22.3 Å². The Bertz CT molecular complexity index is 1350. The predicted molar refractivity (Wildman–Crippen MR) is 116 cm³/mol. The van der Waals surface area contributed by atoms with Crippen molar-refractivity contribution in [1.29, 1.82) is 0 Å². The Balaban J connectivity index is 1.67. The van der Waals surface area contributed by atoms with Gasteiger partial charge in [0.1, 0.15) is 5.82 Å². The lowest BCUT2D eigenvalue weighted by molar-refractivity contribution is -0.113. The van der Waals surface area contributed by atoms with Gasteiger partial charge in [-0.3, -0.25) is 18.6 Å². The van der Waals surface area contributed by atoms with Crippen molar-refractivity contribution in [3.63, 3.8) is 0 Å². The Kier molecular flexibility index (Phi) is 5.56. The van der Waals surface area contributed by atoms with Crippen LogP contribution < -0.4 is 10.9 Å². The summed E-state index contributed by atoms with van der Waals surface area (Å²) >= 11 is 6.98. The number of nitrogens with one attached hydrogen (secondary N) is 1. The van der Waals surface area contributed by atoms with E-state index in [-0.39, 0.29) is 23.5 Å². The number of aromatic nitrogens is 4. The van der Waals surface area contributed by atoms with Crippen molar-refractivity contribution in [2.75, 3.05) is 11.1 Å². The molecule has 0 radical (unpaired) electrons. The average Bonchev–Trinajstić information content (AvgIpc) is 3.16. The third kappa shape index (κ3) is 3.69. The molecule has 2 heterocycles. The number of carbonyl (C=O) groups is 1. The highest BCUT2D eigenvalue weighted by molar-refractivity contribution is 7.99. The van der Waals surface area contributed by atoms with Gasteiger partial charge in [-0.25, -0.2) is 4.39 Å². The molecule has 0 unspecified atom stereocenters. The number of para-hydroxylation sites is 1. The first-order chi connectivity index (χ1) is 14.5. The summed E-state index contributed by atoms with van der Waals surface area (Å²) in [4.78, 5) is 25.1. The minimum Gasteiger partial charge on any atom is -0.323 e. The Morgan fingerprint density at radius 3 is 2.87 bits per heavy atom. The van der Waals surface area contributed by atoms with E-state index in [1.54, 1.807) is 28.7 Å². The molecule has 0 aliphatic rings. The number of rotatable bonds is 6. The number of anilines is 1. The van der Waals surface area contributed by atoms with Crippen LogP contribution >= 0.6 is 23.4 Å². The molecular weight excluding hydrogens is 429 g/mol. The van der Waals surface area contributed by atoms with Gasteiger partial charge in [0.15, 0.2) is 5.16 Å². The maximum Gasteiger partial charge on any atom is 0.263 e. The highest BCUT2D eigenvalue weighted by Crippen LogP contribution is 2.23. The van der Waals surface area contributed by atoms with E-state index in [1.807, 2.05) is 6.07 Å². The van der Waals surface area contributed by atoms with Crippen LogP contribution in [0.1, 0.15) is 0 Å². The van der Waals surface area contributed by atoms with E-state index in [0.29, 0.717) is 26.9 Å². The molecule has 1 N–H and O–H groups in total. The number of hydrogen-bond donors (Lipinski definition) is 1. The van der Waals surface area contributed by atoms with Crippen molar-refractivity contribution in [1.82, 2.24) is 19.2 Å². The highest BCUT2D eigenvalue weighted by atomic mass is 35.5. The SMILES string of the molecule is C=CCn1c(=O)c2ccccc2n2c(SCC(=O)Nc3cc(Cl)ccc3F)nnc12. The summed E-state index contributed by atoms with van der Waals surface area (Å²) in [5.74, 6) is -0.698. The molecule has 0 spiro atoms. The zero-order chi connectivity index (χ0) is 21.3. The Labute approximate surface area is 179 Å². The summed E-state index contributed by atoms with van der Waals surface area (Å²) in [5, 5.41) is 12.0. The molecule has 0 fully saturated rings. The van der Waals surface area contributed by atoms with Gasteiger partial charge in [-0.15, -0.1) is 16.8 Å². The van der Waals surface area contributed by atoms with Crippen molar-refractivity contribution in [3.8, 4) is 0 Å². The molecule has 0 saturated carbocycles. The summed E-state index contributed by atoms with van der Waals surface area (Å²) in [5.41, 5.74) is 0.437. The van der Waals surface area contributed by atoms with Gasteiger partial charge in [0.25, 0.3) is 5.56 Å². The molecule has 152 valence electrons. The molecule has 7 nitrogen and oxygen atoms in total. The number of nitrogens with zero attached hydrogens (tertiary/aromatic N) is 4. The lowest BCUT2D eigenvalue weighted by atomic mass is 10.2. The fourth-order valence-corrected chi connectivity index (χ4v) is 3.94. The third-order valence-corrected chi connectivity index (χ3v) is 5.49. The summed E-state index contributed by atoms with van der Waals surface area (Å²) < 4.78 is 17.0. The van der Waals surface area contributed by atoms with Gasteiger partial charge in [0, 0.05) is 11.6 Å². The molecule has 0 saturated heterocycles. The topological polar surface area (TPSA) is 81.3 Å². The van der Waals surface area contributed by atoms with Crippen LogP contribution in [-0.2, 0) is 11.3 Å². The van der Waals surface area contributed by atoms with Gasteiger partial charge in [-0.1, -0.05) is 41.6 Å². The van der Waals surface area contributed by atoms with Crippen molar-refractivity contribution in [2.45, 2.75) is 11.7 Å². The van der Waals surface area contributed by atoms with E-state index >= 15 is 0 Å². The molecule has 4 aromatic rings. The van der Waals surface area contributed by atoms with Crippen molar-refractivity contribution in [2.24, 2.45) is 0 Å². The third-order valence-electron chi connectivity index (χ3n) is 4.32. The van der Waals surface area contributed by atoms with Gasteiger partial charge < -0.3 is 5.32 Å². The Hall–Kier alpha value is -3.17. The molecule has 0 bridgehead atoms. The number of benzene rings is 2. The fraction of sp³-hybridized carbons (Fsp3) is 0.100. The van der Waals surface area contributed by atoms with Crippen LogP contribution in [-0.4, -0.2) is 30.8 Å². The fourth-order valence-electron chi connectivity index (χ4n) is 3.03. The highest BCUT2D eigenvalue weighted by Gasteiger charge is 2.17. The molecule has 0 aliphatic carbocycles. The Morgan fingerprint density at radius 2 is 2.07 bits per heavy atom. The number of fused-ring (bicyclic) bond motifs is 3. The molecular formula is C20H15ClFN5O2S. The van der Waals surface area contributed by atoms with Crippen molar-refractivity contribution >= 4 is 51.6 Å². The predicted octanol–water partition coefficient (Wildman–Crippen LogP) is 3.75. The zero-order valence-corrected chi connectivity index (χ0v) is 17.1. The van der Waals surface area contributed by atoms with Gasteiger partial charge in [-0.2, -0.15) is 0 Å². The number of hydrogen-bond acceptors (Lipinski definition) is 5. The van der Waals surface area contributed by atoms with Crippen LogP contribution in [0.4, 0.5) is 10.1 Å². The summed E-state index contributed by atoms with van der Waals surface area (Å²) in [6.45, 7) is 3.96. The summed E-state index contributed by atoms with van der Waals surface area (Å²) in [6, 6.07) is 11.0. The first-order valence-corrected chi connectivity index (χ1v) is 10.2. The largest absolute Gasteiger partial charge is 0.323 e. The Morgan fingerprint density at radius 1 is 1.27 bits per heavy atom. The smallest absolute Gasteiger partial charge is 0.263 e. The van der Waals surface area contributed by atoms with Gasteiger partial charge >= 0.3 is 0 Å².